The molecule has 0 aliphatic carbocycles. The highest BCUT2D eigenvalue weighted by atomic mass is 35.5. The molecule has 1 aromatic heterocycles. The number of hydrogen-bond donors (Lipinski definition) is 1. The third kappa shape index (κ3) is 3.38. The highest BCUT2D eigenvalue weighted by Gasteiger charge is 2.20. The number of carbonyl (C=O) groups excluding carboxylic acids is 1. The molecule has 3 rings (SSSR count). The minimum absolute atomic E-state index is 0.273. The molecule has 4 nitrogen and oxygen atoms in total. The summed E-state index contributed by atoms with van der Waals surface area (Å²) >= 11 is 5.85. The van der Waals surface area contributed by atoms with Crippen LogP contribution in [0.5, 0.6) is 0 Å². The van der Waals surface area contributed by atoms with Crippen LogP contribution in [0.2, 0.25) is 5.02 Å². The summed E-state index contributed by atoms with van der Waals surface area (Å²) in [5.41, 5.74) is 2.08. The third-order valence-electron chi connectivity index (χ3n) is 3.46. The minimum Gasteiger partial charge on any atom is -0.451 e. The highest BCUT2D eigenvalue weighted by molar-refractivity contribution is 6.30. The molecule has 0 aliphatic rings. The number of furan rings is 1. The zero-order valence-corrected chi connectivity index (χ0v) is 13.4. The summed E-state index contributed by atoms with van der Waals surface area (Å²) in [7, 11) is 0. The van der Waals surface area contributed by atoms with Gasteiger partial charge < -0.3 is 14.5 Å². The molecule has 0 spiro atoms. The zero-order chi connectivity index (χ0) is 16.2. The maximum Gasteiger partial charge on any atom is 0.291 e. The number of anilines is 1. The molecule has 0 aliphatic heterocycles. The van der Waals surface area contributed by atoms with Crippen LogP contribution in [-0.4, -0.2) is 12.5 Å². The first kappa shape index (κ1) is 15.6. The summed E-state index contributed by atoms with van der Waals surface area (Å²) in [5.74, 6) is -0.0344. The van der Waals surface area contributed by atoms with E-state index in [1.165, 1.54) is 0 Å². The molecular formula is C18H16ClNO3. The predicted octanol–water partition coefficient (Wildman–Crippen LogP) is 4.88. The zero-order valence-electron chi connectivity index (χ0n) is 12.6. The second kappa shape index (κ2) is 6.86. The van der Waals surface area contributed by atoms with E-state index in [1.54, 1.807) is 24.3 Å². The number of nitrogens with one attached hydrogen (secondary N) is 1. The molecule has 0 unspecified atom stereocenters. The van der Waals surface area contributed by atoms with Gasteiger partial charge in [0.15, 0.2) is 5.76 Å². The monoisotopic (exact) mass is 329 g/mol. The van der Waals surface area contributed by atoms with Crippen LogP contribution >= 0.6 is 11.6 Å². The molecule has 2 aromatic carbocycles. The Bertz CT molecular complexity index is 824. The molecule has 3 aromatic rings. The molecule has 0 bridgehead atoms. The summed E-state index contributed by atoms with van der Waals surface area (Å²) < 4.78 is 11.2. The van der Waals surface area contributed by atoms with Gasteiger partial charge in [-0.3, -0.25) is 4.79 Å². The van der Waals surface area contributed by atoms with Crippen LogP contribution in [0.25, 0.3) is 11.0 Å². The van der Waals surface area contributed by atoms with E-state index < -0.39 is 0 Å². The number of para-hydroxylation sites is 1. The summed E-state index contributed by atoms with van der Waals surface area (Å²) in [6.07, 6.45) is 0. The number of amides is 1. The molecule has 1 heterocycles. The van der Waals surface area contributed by atoms with Crippen LogP contribution in [0.4, 0.5) is 5.69 Å². The summed E-state index contributed by atoms with van der Waals surface area (Å²) in [6, 6.07) is 14.5. The van der Waals surface area contributed by atoms with Crippen molar-refractivity contribution in [3.8, 4) is 0 Å². The number of fused-ring (bicyclic) bond motifs is 1. The molecule has 0 atom stereocenters. The molecule has 0 fully saturated rings. The van der Waals surface area contributed by atoms with Crippen LogP contribution < -0.4 is 5.32 Å². The van der Waals surface area contributed by atoms with E-state index in [-0.39, 0.29) is 11.7 Å². The van der Waals surface area contributed by atoms with Crippen molar-refractivity contribution < 1.29 is 13.9 Å². The molecule has 1 amide bonds. The fourth-order valence-electron chi connectivity index (χ4n) is 2.35. The maximum atomic E-state index is 12.6. The maximum absolute atomic E-state index is 12.6. The number of ether oxygens (including phenoxy) is 1. The predicted molar refractivity (Wildman–Crippen MR) is 90.9 cm³/mol. The van der Waals surface area contributed by atoms with Crippen molar-refractivity contribution in [1.29, 1.82) is 0 Å². The standard InChI is InChI=1S/C18H16ClNO3/c1-2-22-11-15-14-5-3-4-6-16(14)23-17(15)18(21)20-13-9-7-12(19)8-10-13/h3-10H,2,11H2,1H3,(H,20,21). The molecule has 5 heteroatoms. The van der Waals surface area contributed by atoms with E-state index in [0.29, 0.717) is 29.5 Å². The first-order chi connectivity index (χ1) is 11.2. The van der Waals surface area contributed by atoms with Gasteiger partial charge in [0, 0.05) is 28.3 Å². The van der Waals surface area contributed by atoms with Crippen molar-refractivity contribution in [3.63, 3.8) is 0 Å². The van der Waals surface area contributed by atoms with Crippen LogP contribution in [0.1, 0.15) is 23.0 Å². The van der Waals surface area contributed by atoms with Gasteiger partial charge in [-0.1, -0.05) is 29.8 Å². The van der Waals surface area contributed by atoms with Crippen molar-refractivity contribution >= 4 is 34.2 Å². The molecule has 1 N–H and O–H groups in total. The Morgan fingerprint density at radius 3 is 2.65 bits per heavy atom. The average Bonchev–Trinajstić information content (AvgIpc) is 2.94. The van der Waals surface area contributed by atoms with Gasteiger partial charge in [-0.2, -0.15) is 0 Å². The van der Waals surface area contributed by atoms with Crippen molar-refractivity contribution in [2.75, 3.05) is 11.9 Å². The molecule has 0 radical (unpaired) electrons. The second-order valence-electron chi connectivity index (χ2n) is 5.00. The Labute approximate surface area is 139 Å². The minimum atomic E-state index is -0.307. The Morgan fingerprint density at radius 1 is 1.17 bits per heavy atom. The van der Waals surface area contributed by atoms with Crippen molar-refractivity contribution in [1.82, 2.24) is 0 Å². The van der Waals surface area contributed by atoms with E-state index in [0.717, 1.165) is 10.9 Å². The van der Waals surface area contributed by atoms with Crippen LogP contribution in [0.3, 0.4) is 0 Å². The first-order valence-corrected chi connectivity index (χ1v) is 7.72. The number of rotatable bonds is 5. The highest BCUT2D eigenvalue weighted by Crippen LogP contribution is 2.27. The van der Waals surface area contributed by atoms with Gasteiger partial charge in [0.25, 0.3) is 5.91 Å². The normalized spacial score (nSPS) is 10.9. The number of halogens is 1. The Kier molecular flexibility index (Phi) is 4.65. The Hall–Kier alpha value is -2.30. The average molecular weight is 330 g/mol. The van der Waals surface area contributed by atoms with E-state index in [9.17, 15) is 4.79 Å². The molecular weight excluding hydrogens is 314 g/mol. The van der Waals surface area contributed by atoms with Crippen molar-refractivity contribution in [2.45, 2.75) is 13.5 Å². The molecule has 0 saturated carbocycles. The fourth-order valence-corrected chi connectivity index (χ4v) is 2.48. The summed E-state index contributed by atoms with van der Waals surface area (Å²) in [6.45, 7) is 2.81. The molecule has 23 heavy (non-hydrogen) atoms. The van der Waals surface area contributed by atoms with Crippen molar-refractivity contribution in [2.24, 2.45) is 0 Å². The van der Waals surface area contributed by atoms with Gasteiger partial charge in [0.1, 0.15) is 5.58 Å². The lowest BCUT2D eigenvalue weighted by Crippen LogP contribution is -2.13. The Balaban J connectivity index is 1.93. The van der Waals surface area contributed by atoms with E-state index in [2.05, 4.69) is 5.32 Å². The third-order valence-corrected chi connectivity index (χ3v) is 3.71. The van der Waals surface area contributed by atoms with E-state index in [1.807, 2.05) is 31.2 Å². The lowest BCUT2D eigenvalue weighted by atomic mass is 10.1. The lowest BCUT2D eigenvalue weighted by molar-refractivity contribution is 0.0984. The van der Waals surface area contributed by atoms with Crippen LogP contribution in [-0.2, 0) is 11.3 Å². The number of carbonyl (C=O) groups is 1. The van der Waals surface area contributed by atoms with E-state index in [4.69, 9.17) is 20.8 Å². The molecule has 118 valence electrons. The second-order valence-corrected chi connectivity index (χ2v) is 5.44. The van der Waals surface area contributed by atoms with Crippen molar-refractivity contribution in [3.05, 3.63) is 64.9 Å². The Morgan fingerprint density at radius 2 is 1.91 bits per heavy atom. The summed E-state index contributed by atoms with van der Waals surface area (Å²) in [4.78, 5) is 12.6. The van der Waals surface area contributed by atoms with Gasteiger partial charge in [-0.05, 0) is 37.3 Å². The van der Waals surface area contributed by atoms with Gasteiger partial charge in [0.05, 0.1) is 6.61 Å². The quantitative estimate of drug-likeness (QED) is 0.726. The SMILES string of the molecule is CCOCc1c(C(=O)Nc2ccc(Cl)cc2)oc2ccccc12. The van der Waals surface area contributed by atoms with Gasteiger partial charge >= 0.3 is 0 Å². The van der Waals surface area contributed by atoms with Gasteiger partial charge in [-0.25, -0.2) is 0 Å². The number of benzene rings is 2. The fraction of sp³-hybridized carbons (Fsp3) is 0.167. The van der Waals surface area contributed by atoms with Crippen LogP contribution in [0, 0.1) is 0 Å². The van der Waals surface area contributed by atoms with Gasteiger partial charge in [-0.15, -0.1) is 0 Å². The van der Waals surface area contributed by atoms with Crippen LogP contribution in [0.15, 0.2) is 52.9 Å². The first-order valence-electron chi connectivity index (χ1n) is 7.34. The largest absolute Gasteiger partial charge is 0.451 e. The van der Waals surface area contributed by atoms with Gasteiger partial charge in [0.2, 0.25) is 0 Å². The summed E-state index contributed by atoms with van der Waals surface area (Å²) in [5, 5.41) is 4.32. The smallest absolute Gasteiger partial charge is 0.291 e. The number of hydrogen-bond acceptors (Lipinski definition) is 3. The lowest BCUT2D eigenvalue weighted by Gasteiger charge is -2.06. The molecule has 0 saturated heterocycles. The topological polar surface area (TPSA) is 51.5 Å². The van der Waals surface area contributed by atoms with E-state index >= 15 is 0 Å².